The van der Waals surface area contributed by atoms with Crippen molar-refractivity contribution >= 4 is 11.6 Å². The van der Waals surface area contributed by atoms with Crippen molar-refractivity contribution < 1.29 is 9.47 Å². The van der Waals surface area contributed by atoms with Crippen LogP contribution in [0.5, 0.6) is 11.5 Å². The number of benzene rings is 2. The SMILES string of the molecule is CN=C(NCc1cccc(C)c1)Nc1ccc2c(c1)OCCCO2. The van der Waals surface area contributed by atoms with Crippen molar-refractivity contribution in [1.82, 2.24) is 5.32 Å². The standard InChI is InChI=1S/C19H23N3O2/c1-14-5-3-6-15(11-14)13-21-19(20-2)22-16-7-8-17-18(12-16)24-10-4-9-23-17/h3,5-8,11-12H,4,9-10,13H2,1-2H3,(H2,20,21,22). The summed E-state index contributed by atoms with van der Waals surface area (Å²) < 4.78 is 11.4. The Balaban J connectivity index is 1.64. The van der Waals surface area contributed by atoms with Crippen molar-refractivity contribution in [3.8, 4) is 11.5 Å². The molecule has 1 aliphatic rings. The number of anilines is 1. The van der Waals surface area contributed by atoms with Gasteiger partial charge in [0, 0.05) is 31.8 Å². The van der Waals surface area contributed by atoms with Gasteiger partial charge in [-0.15, -0.1) is 0 Å². The van der Waals surface area contributed by atoms with E-state index >= 15 is 0 Å². The van der Waals surface area contributed by atoms with Crippen LogP contribution in [0.25, 0.3) is 0 Å². The molecular weight excluding hydrogens is 302 g/mol. The lowest BCUT2D eigenvalue weighted by atomic mass is 10.1. The zero-order valence-corrected chi connectivity index (χ0v) is 14.1. The summed E-state index contributed by atoms with van der Waals surface area (Å²) >= 11 is 0. The molecule has 0 aromatic heterocycles. The number of aryl methyl sites for hydroxylation is 1. The van der Waals surface area contributed by atoms with Gasteiger partial charge in [-0.3, -0.25) is 4.99 Å². The monoisotopic (exact) mass is 325 g/mol. The highest BCUT2D eigenvalue weighted by Gasteiger charge is 2.11. The third-order valence-electron chi connectivity index (χ3n) is 3.78. The van der Waals surface area contributed by atoms with Gasteiger partial charge in [-0.05, 0) is 24.6 Å². The molecule has 0 fully saturated rings. The first-order chi connectivity index (χ1) is 11.7. The fourth-order valence-electron chi connectivity index (χ4n) is 2.56. The van der Waals surface area contributed by atoms with Gasteiger partial charge in [-0.25, -0.2) is 0 Å². The topological polar surface area (TPSA) is 54.9 Å². The van der Waals surface area contributed by atoms with E-state index < -0.39 is 0 Å². The molecule has 126 valence electrons. The molecule has 5 heteroatoms. The molecule has 0 radical (unpaired) electrons. The molecule has 2 N–H and O–H groups in total. The van der Waals surface area contributed by atoms with E-state index in [1.165, 1.54) is 11.1 Å². The molecule has 0 atom stereocenters. The molecule has 0 saturated carbocycles. The number of guanidine groups is 1. The second kappa shape index (κ2) is 7.73. The molecular formula is C19H23N3O2. The number of rotatable bonds is 3. The minimum atomic E-state index is 0.677. The molecule has 24 heavy (non-hydrogen) atoms. The molecule has 2 aromatic rings. The minimum absolute atomic E-state index is 0.677. The number of hydrogen-bond donors (Lipinski definition) is 2. The van der Waals surface area contributed by atoms with Crippen LogP contribution in [0.2, 0.25) is 0 Å². The van der Waals surface area contributed by atoms with Gasteiger partial charge in [-0.1, -0.05) is 29.8 Å². The second-order valence-electron chi connectivity index (χ2n) is 5.75. The zero-order valence-electron chi connectivity index (χ0n) is 14.1. The van der Waals surface area contributed by atoms with Gasteiger partial charge in [0.15, 0.2) is 17.5 Å². The van der Waals surface area contributed by atoms with E-state index in [0.717, 1.165) is 23.6 Å². The van der Waals surface area contributed by atoms with Crippen LogP contribution in [0.4, 0.5) is 5.69 Å². The van der Waals surface area contributed by atoms with Crippen LogP contribution < -0.4 is 20.1 Å². The number of ether oxygens (including phenoxy) is 2. The Morgan fingerprint density at radius 3 is 2.71 bits per heavy atom. The van der Waals surface area contributed by atoms with Crippen LogP contribution in [0.15, 0.2) is 47.5 Å². The average molecular weight is 325 g/mol. The van der Waals surface area contributed by atoms with Gasteiger partial charge in [0.25, 0.3) is 0 Å². The first-order valence-electron chi connectivity index (χ1n) is 8.17. The van der Waals surface area contributed by atoms with Gasteiger partial charge in [0.2, 0.25) is 0 Å². The van der Waals surface area contributed by atoms with E-state index in [0.29, 0.717) is 25.7 Å². The van der Waals surface area contributed by atoms with Gasteiger partial charge in [0.05, 0.1) is 13.2 Å². The molecule has 0 bridgehead atoms. The van der Waals surface area contributed by atoms with E-state index in [2.05, 4.69) is 46.8 Å². The van der Waals surface area contributed by atoms with E-state index in [1.807, 2.05) is 18.2 Å². The summed E-state index contributed by atoms with van der Waals surface area (Å²) in [5.41, 5.74) is 3.38. The third-order valence-corrected chi connectivity index (χ3v) is 3.78. The summed E-state index contributed by atoms with van der Waals surface area (Å²) in [5.74, 6) is 2.28. The van der Waals surface area contributed by atoms with E-state index in [1.54, 1.807) is 7.05 Å². The molecule has 0 aliphatic carbocycles. The molecule has 2 aromatic carbocycles. The number of aliphatic imine (C=N–C) groups is 1. The Morgan fingerprint density at radius 1 is 1.08 bits per heavy atom. The predicted octanol–water partition coefficient (Wildman–Crippen LogP) is 3.34. The first-order valence-corrected chi connectivity index (χ1v) is 8.17. The highest BCUT2D eigenvalue weighted by Crippen LogP contribution is 2.32. The Labute approximate surface area is 142 Å². The zero-order chi connectivity index (χ0) is 16.8. The maximum Gasteiger partial charge on any atom is 0.195 e. The van der Waals surface area contributed by atoms with Crippen LogP contribution in [0.1, 0.15) is 17.5 Å². The summed E-state index contributed by atoms with van der Waals surface area (Å²) in [5, 5.41) is 6.61. The Bertz CT molecular complexity index is 728. The second-order valence-corrected chi connectivity index (χ2v) is 5.75. The van der Waals surface area contributed by atoms with Gasteiger partial charge >= 0.3 is 0 Å². The van der Waals surface area contributed by atoms with E-state index in [4.69, 9.17) is 9.47 Å². The van der Waals surface area contributed by atoms with Gasteiger partial charge in [-0.2, -0.15) is 0 Å². The van der Waals surface area contributed by atoms with Crippen LogP contribution in [0, 0.1) is 6.92 Å². The summed E-state index contributed by atoms with van der Waals surface area (Å²) in [6.45, 7) is 4.18. The lowest BCUT2D eigenvalue weighted by Gasteiger charge is -2.14. The maximum atomic E-state index is 5.72. The Hall–Kier alpha value is -2.69. The highest BCUT2D eigenvalue weighted by molar-refractivity contribution is 5.93. The van der Waals surface area contributed by atoms with Crippen LogP contribution in [-0.2, 0) is 6.54 Å². The lowest BCUT2D eigenvalue weighted by Crippen LogP contribution is -2.30. The van der Waals surface area contributed by atoms with E-state index in [9.17, 15) is 0 Å². The van der Waals surface area contributed by atoms with Crippen molar-refractivity contribution in [3.63, 3.8) is 0 Å². The number of nitrogens with zero attached hydrogens (tertiary/aromatic N) is 1. The highest BCUT2D eigenvalue weighted by atomic mass is 16.5. The van der Waals surface area contributed by atoms with Crippen LogP contribution in [0.3, 0.4) is 0 Å². The quantitative estimate of drug-likeness (QED) is 0.671. The van der Waals surface area contributed by atoms with Crippen LogP contribution in [-0.4, -0.2) is 26.2 Å². The molecule has 0 unspecified atom stereocenters. The predicted molar refractivity (Wildman–Crippen MR) is 97.0 cm³/mol. The molecule has 0 saturated heterocycles. The third kappa shape index (κ3) is 4.19. The van der Waals surface area contributed by atoms with Crippen molar-refractivity contribution in [2.24, 2.45) is 4.99 Å². The Morgan fingerprint density at radius 2 is 1.92 bits per heavy atom. The first kappa shape index (κ1) is 16.2. The Kier molecular flexibility index (Phi) is 5.21. The molecule has 0 amide bonds. The summed E-state index contributed by atoms with van der Waals surface area (Å²) in [4.78, 5) is 4.27. The number of fused-ring (bicyclic) bond motifs is 1. The maximum absolute atomic E-state index is 5.72. The molecule has 0 spiro atoms. The number of hydrogen-bond acceptors (Lipinski definition) is 3. The minimum Gasteiger partial charge on any atom is -0.490 e. The lowest BCUT2D eigenvalue weighted by molar-refractivity contribution is 0.297. The fraction of sp³-hybridized carbons (Fsp3) is 0.316. The molecule has 5 nitrogen and oxygen atoms in total. The van der Waals surface area contributed by atoms with Crippen molar-refractivity contribution in [2.45, 2.75) is 19.9 Å². The van der Waals surface area contributed by atoms with Crippen LogP contribution >= 0.6 is 0 Å². The van der Waals surface area contributed by atoms with Crippen molar-refractivity contribution in [3.05, 3.63) is 53.6 Å². The molecule has 3 rings (SSSR count). The van der Waals surface area contributed by atoms with Gasteiger partial charge < -0.3 is 20.1 Å². The molecule has 1 aliphatic heterocycles. The van der Waals surface area contributed by atoms with Gasteiger partial charge in [0.1, 0.15) is 0 Å². The average Bonchev–Trinajstić information content (AvgIpc) is 2.83. The molecule has 1 heterocycles. The van der Waals surface area contributed by atoms with E-state index in [-0.39, 0.29) is 0 Å². The van der Waals surface area contributed by atoms with Crippen molar-refractivity contribution in [2.75, 3.05) is 25.6 Å². The summed E-state index contributed by atoms with van der Waals surface area (Å²) in [6, 6.07) is 14.2. The summed E-state index contributed by atoms with van der Waals surface area (Å²) in [7, 11) is 1.76. The largest absolute Gasteiger partial charge is 0.490 e. The number of nitrogens with one attached hydrogen (secondary N) is 2. The fourth-order valence-corrected chi connectivity index (χ4v) is 2.56. The normalized spacial score (nSPS) is 14.0. The summed E-state index contributed by atoms with van der Waals surface area (Å²) in [6.07, 6.45) is 0.900. The van der Waals surface area contributed by atoms with Crippen molar-refractivity contribution in [1.29, 1.82) is 0 Å². The smallest absolute Gasteiger partial charge is 0.195 e.